The second kappa shape index (κ2) is 9.31. The molecule has 0 atom stereocenters. The van der Waals surface area contributed by atoms with Gasteiger partial charge in [0.1, 0.15) is 28.8 Å². The normalized spacial score (nSPS) is 10.5. The van der Waals surface area contributed by atoms with Gasteiger partial charge in [0.25, 0.3) is 10.0 Å². The number of hydrogen-bond acceptors (Lipinski definition) is 8. The number of hydrogen-bond donors (Lipinski definition) is 2. The van der Waals surface area contributed by atoms with Gasteiger partial charge in [0.15, 0.2) is 0 Å². The van der Waals surface area contributed by atoms with Gasteiger partial charge in [0.05, 0.1) is 12.0 Å². The third-order valence-corrected chi connectivity index (χ3v) is 4.66. The number of benzene rings is 1. The Morgan fingerprint density at radius 2 is 1.56 bits per heavy atom. The fourth-order valence-corrected chi connectivity index (χ4v) is 3.01. The van der Waals surface area contributed by atoms with E-state index < -0.39 is 10.0 Å². The van der Waals surface area contributed by atoms with Gasteiger partial charge in [-0.3, -0.25) is 4.72 Å². The van der Waals surface area contributed by atoms with Crippen molar-refractivity contribution < 1.29 is 13.2 Å². The number of rotatable bonds is 4. The van der Waals surface area contributed by atoms with Crippen LogP contribution in [0.5, 0.6) is 5.88 Å². The number of ether oxygens (including phenoxy) is 1. The summed E-state index contributed by atoms with van der Waals surface area (Å²) < 4.78 is 31.3. The van der Waals surface area contributed by atoms with Crippen molar-refractivity contribution in [1.29, 1.82) is 0 Å². The summed E-state index contributed by atoms with van der Waals surface area (Å²) in [6.45, 7) is 0. The van der Waals surface area contributed by atoms with Crippen LogP contribution in [0.2, 0.25) is 10.3 Å². The third kappa shape index (κ3) is 6.51. The first-order valence-electron chi connectivity index (χ1n) is 7.17. The van der Waals surface area contributed by atoms with E-state index in [1.54, 1.807) is 0 Å². The Kier molecular flexibility index (Phi) is 7.11. The number of methoxy groups -OCH3 is 1. The number of nitrogens with zero attached hydrogens (tertiary/aromatic N) is 4. The summed E-state index contributed by atoms with van der Waals surface area (Å²) in [5, 5.41) is 0.731. The lowest BCUT2D eigenvalue weighted by Crippen LogP contribution is -2.14. The first-order valence-corrected chi connectivity index (χ1v) is 9.41. The van der Waals surface area contributed by atoms with Crippen LogP contribution in [-0.4, -0.2) is 35.5 Å². The van der Waals surface area contributed by atoms with Gasteiger partial charge in [-0.15, -0.1) is 0 Å². The molecule has 2 heterocycles. The minimum atomic E-state index is -3.71. The third-order valence-electron chi connectivity index (χ3n) is 2.88. The molecule has 9 nitrogen and oxygen atoms in total. The summed E-state index contributed by atoms with van der Waals surface area (Å²) in [5.74, 6) is 0.397. The average molecular weight is 429 g/mol. The van der Waals surface area contributed by atoms with Gasteiger partial charge in [-0.1, -0.05) is 23.2 Å². The zero-order chi connectivity index (χ0) is 19.9. The highest BCUT2D eigenvalue weighted by atomic mass is 35.5. The molecular weight excluding hydrogens is 415 g/mol. The molecule has 0 radical (unpaired) electrons. The molecule has 0 aliphatic rings. The second-order valence-corrected chi connectivity index (χ2v) is 7.24. The zero-order valence-corrected chi connectivity index (χ0v) is 16.2. The first kappa shape index (κ1) is 20.6. The topological polar surface area (TPSA) is 133 Å². The Labute approximate surface area is 165 Å². The SMILES string of the molecule is COc1cc(NS(=O)(=O)c2ccc(N)cc2)ncn1.Clc1cc(Cl)ncn1. The van der Waals surface area contributed by atoms with E-state index >= 15 is 0 Å². The number of nitrogens with one attached hydrogen (secondary N) is 1. The first-order chi connectivity index (χ1) is 12.8. The number of sulfonamides is 1. The van der Waals surface area contributed by atoms with Gasteiger partial charge in [0.2, 0.25) is 5.88 Å². The van der Waals surface area contributed by atoms with Crippen LogP contribution >= 0.6 is 23.2 Å². The van der Waals surface area contributed by atoms with Gasteiger partial charge in [-0.25, -0.2) is 28.4 Å². The maximum absolute atomic E-state index is 12.1. The van der Waals surface area contributed by atoms with Crippen LogP contribution in [0.4, 0.5) is 11.5 Å². The lowest BCUT2D eigenvalue weighted by Gasteiger charge is -2.08. The summed E-state index contributed by atoms with van der Waals surface area (Å²) in [4.78, 5) is 14.9. The van der Waals surface area contributed by atoms with Gasteiger partial charge in [-0.2, -0.15) is 0 Å². The zero-order valence-electron chi connectivity index (χ0n) is 13.9. The molecule has 0 aliphatic carbocycles. The lowest BCUT2D eigenvalue weighted by atomic mass is 10.3. The Bertz CT molecular complexity index is 985. The predicted octanol–water partition coefficient (Wildman–Crippen LogP) is 2.65. The monoisotopic (exact) mass is 428 g/mol. The van der Waals surface area contributed by atoms with Crippen LogP contribution in [0.3, 0.4) is 0 Å². The molecule has 0 fully saturated rings. The molecule has 0 spiro atoms. The van der Waals surface area contributed by atoms with E-state index in [1.165, 1.54) is 56.2 Å². The van der Waals surface area contributed by atoms with E-state index in [0.29, 0.717) is 16.0 Å². The Hall–Kier alpha value is -2.69. The van der Waals surface area contributed by atoms with E-state index in [2.05, 4.69) is 24.7 Å². The summed E-state index contributed by atoms with van der Waals surface area (Å²) >= 11 is 10.8. The molecule has 0 unspecified atom stereocenters. The highest BCUT2D eigenvalue weighted by Gasteiger charge is 2.15. The van der Waals surface area contributed by atoms with Crippen molar-refractivity contribution in [3.63, 3.8) is 0 Å². The molecule has 0 saturated carbocycles. The van der Waals surface area contributed by atoms with Gasteiger partial charge in [-0.05, 0) is 24.3 Å². The van der Waals surface area contributed by atoms with Crippen molar-refractivity contribution in [2.75, 3.05) is 17.6 Å². The van der Waals surface area contributed by atoms with Crippen LogP contribution in [0, 0.1) is 0 Å². The van der Waals surface area contributed by atoms with Crippen LogP contribution in [0.15, 0.2) is 53.9 Å². The second-order valence-electron chi connectivity index (χ2n) is 4.78. The highest BCUT2D eigenvalue weighted by molar-refractivity contribution is 7.92. The quantitative estimate of drug-likeness (QED) is 0.478. The standard InChI is InChI=1S/C11H12N4O3S.C4H2Cl2N2/c1-18-11-6-10(13-7-14-11)15-19(16,17)9-4-2-8(12)3-5-9;5-3-1-4(6)8-2-7-3/h2-7H,12H2,1H3,(H,13,14,15);1-2H. The van der Waals surface area contributed by atoms with Gasteiger partial charge < -0.3 is 10.5 Å². The van der Waals surface area contributed by atoms with Gasteiger partial charge in [0, 0.05) is 17.8 Å². The largest absolute Gasteiger partial charge is 0.481 e. The van der Waals surface area contributed by atoms with Crippen LogP contribution in [-0.2, 0) is 10.0 Å². The average Bonchev–Trinajstić information content (AvgIpc) is 2.62. The molecule has 3 aromatic rings. The molecule has 3 rings (SSSR count). The molecule has 2 aromatic heterocycles. The predicted molar refractivity (Wildman–Crippen MR) is 102 cm³/mol. The van der Waals surface area contributed by atoms with E-state index in [4.69, 9.17) is 33.7 Å². The lowest BCUT2D eigenvalue weighted by molar-refractivity contribution is 0.397. The molecule has 1 aromatic carbocycles. The van der Waals surface area contributed by atoms with Crippen LogP contribution in [0.25, 0.3) is 0 Å². The maximum atomic E-state index is 12.1. The Morgan fingerprint density at radius 3 is 2.07 bits per heavy atom. The summed E-state index contributed by atoms with van der Waals surface area (Å²) in [6, 6.07) is 8.70. The smallest absolute Gasteiger partial charge is 0.263 e. The van der Waals surface area contributed by atoms with E-state index in [-0.39, 0.29) is 16.6 Å². The minimum absolute atomic E-state index is 0.0966. The molecule has 142 valence electrons. The fourth-order valence-electron chi connectivity index (χ4n) is 1.66. The molecule has 0 saturated heterocycles. The Morgan fingerprint density at radius 1 is 0.963 bits per heavy atom. The van der Waals surface area contributed by atoms with Gasteiger partial charge >= 0.3 is 0 Å². The number of nitrogen functional groups attached to an aromatic ring is 1. The van der Waals surface area contributed by atoms with Crippen molar-refractivity contribution in [3.8, 4) is 5.88 Å². The number of halogens is 2. The molecule has 0 aliphatic heterocycles. The molecule has 3 N–H and O–H groups in total. The van der Waals surface area contributed by atoms with E-state index in [9.17, 15) is 8.42 Å². The number of nitrogens with two attached hydrogens (primary N) is 1. The molecule has 0 amide bonds. The highest BCUT2D eigenvalue weighted by Crippen LogP contribution is 2.17. The molecule has 12 heteroatoms. The number of anilines is 2. The molecule has 0 bridgehead atoms. The van der Waals surface area contributed by atoms with Crippen molar-refractivity contribution in [3.05, 3.63) is 59.4 Å². The van der Waals surface area contributed by atoms with Crippen molar-refractivity contribution >= 4 is 44.7 Å². The van der Waals surface area contributed by atoms with E-state index in [0.717, 1.165) is 0 Å². The van der Waals surface area contributed by atoms with E-state index in [1.807, 2.05) is 0 Å². The summed E-state index contributed by atoms with van der Waals surface area (Å²) in [6.07, 6.45) is 2.52. The van der Waals surface area contributed by atoms with Crippen molar-refractivity contribution in [2.45, 2.75) is 4.90 Å². The van der Waals surface area contributed by atoms with Crippen molar-refractivity contribution in [1.82, 2.24) is 19.9 Å². The summed E-state index contributed by atoms with van der Waals surface area (Å²) in [7, 11) is -2.28. The number of aromatic nitrogens is 4. The minimum Gasteiger partial charge on any atom is -0.481 e. The van der Waals surface area contributed by atoms with Crippen LogP contribution in [0.1, 0.15) is 0 Å². The maximum Gasteiger partial charge on any atom is 0.263 e. The summed E-state index contributed by atoms with van der Waals surface area (Å²) in [5.41, 5.74) is 6.00. The molecular formula is C15H14Cl2N6O3S. The molecule has 27 heavy (non-hydrogen) atoms. The fraction of sp³-hybridized carbons (Fsp3) is 0.0667. The van der Waals surface area contributed by atoms with Crippen molar-refractivity contribution in [2.24, 2.45) is 0 Å². The Balaban J connectivity index is 0.000000273. The van der Waals surface area contributed by atoms with Crippen LogP contribution < -0.4 is 15.2 Å².